The molecule has 1 amide bonds. The predicted molar refractivity (Wildman–Crippen MR) is 78.6 cm³/mol. The van der Waals surface area contributed by atoms with Crippen molar-refractivity contribution in [3.63, 3.8) is 0 Å². The molecule has 0 aromatic heterocycles. The van der Waals surface area contributed by atoms with E-state index in [-0.39, 0.29) is 5.91 Å². The molecule has 1 aliphatic rings. The summed E-state index contributed by atoms with van der Waals surface area (Å²) in [6.07, 6.45) is 1.48. The van der Waals surface area contributed by atoms with Crippen molar-refractivity contribution in [3.05, 3.63) is 24.3 Å². The van der Waals surface area contributed by atoms with Gasteiger partial charge >= 0.3 is 0 Å². The zero-order chi connectivity index (χ0) is 13.7. The van der Waals surface area contributed by atoms with Crippen molar-refractivity contribution in [1.29, 1.82) is 0 Å². The van der Waals surface area contributed by atoms with Crippen molar-refractivity contribution in [3.8, 4) is 0 Å². The van der Waals surface area contributed by atoms with E-state index >= 15 is 0 Å². The number of fused-ring (bicyclic) bond motifs is 1. The monoisotopic (exact) mass is 280 g/mol. The molecule has 1 atom stereocenters. The van der Waals surface area contributed by atoms with Crippen LogP contribution in [0.15, 0.2) is 29.2 Å². The van der Waals surface area contributed by atoms with Crippen LogP contribution in [-0.4, -0.2) is 38.0 Å². The van der Waals surface area contributed by atoms with Crippen molar-refractivity contribution in [2.45, 2.75) is 23.8 Å². The Hall–Kier alpha value is -1.04. The Balaban J connectivity index is 2.04. The molecule has 0 radical (unpaired) electrons. The average Bonchev–Trinajstić information content (AvgIpc) is 2.46. The van der Waals surface area contributed by atoms with Gasteiger partial charge in [0.2, 0.25) is 5.91 Å². The Morgan fingerprint density at radius 2 is 2.32 bits per heavy atom. The summed E-state index contributed by atoms with van der Waals surface area (Å²) in [5, 5.41) is 0. The summed E-state index contributed by atoms with van der Waals surface area (Å²) in [4.78, 5) is 15.4. The maximum absolute atomic E-state index is 12.4. The minimum Gasteiger partial charge on any atom is -0.385 e. The van der Waals surface area contributed by atoms with Gasteiger partial charge in [-0.05, 0) is 25.0 Å². The van der Waals surface area contributed by atoms with E-state index < -0.39 is 6.04 Å². The SMILES string of the molecule is COCCCC(N)C(=O)N1CCSc2ccccc21. The number of rotatable bonds is 5. The van der Waals surface area contributed by atoms with Crippen LogP contribution in [0.5, 0.6) is 0 Å². The molecule has 1 heterocycles. The standard InChI is InChI=1S/C14H20N2O2S/c1-18-9-4-5-11(15)14(17)16-8-10-19-13-7-3-2-6-12(13)16/h2-3,6-7,11H,4-5,8-10,15H2,1H3. The lowest BCUT2D eigenvalue weighted by molar-refractivity contribution is -0.120. The normalized spacial score (nSPS) is 16.0. The number of thioether (sulfide) groups is 1. The number of nitrogens with zero attached hydrogens (tertiary/aromatic N) is 1. The summed E-state index contributed by atoms with van der Waals surface area (Å²) in [5.74, 6) is 0.942. The Bertz CT molecular complexity index is 439. The van der Waals surface area contributed by atoms with Gasteiger partial charge in [0.1, 0.15) is 0 Å². The largest absolute Gasteiger partial charge is 0.385 e. The third-order valence-corrected chi connectivity index (χ3v) is 4.22. The van der Waals surface area contributed by atoms with Gasteiger partial charge in [-0.3, -0.25) is 4.79 Å². The predicted octanol–water partition coefficient (Wildman–Crippen LogP) is 1.88. The summed E-state index contributed by atoms with van der Waals surface area (Å²) < 4.78 is 4.99. The molecule has 0 fully saturated rings. The average molecular weight is 280 g/mol. The number of methoxy groups -OCH3 is 1. The van der Waals surface area contributed by atoms with Crippen LogP contribution in [0.4, 0.5) is 5.69 Å². The van der Waals surface area contributed by atoms with Gasteiger partial charge < -0.3 is 15.4 Å². The van der Waals surface area contributed by atoms with E-state index in [0.29, 0.717) is 13.0 Å². The van der Waals surface area contributed by atoms with Crippen molar-refractivity contribution in [2.75, 3.05) is 30.9 Å². The fourth-order valence-electron chi connectivity index (χ4n) is 2.17. The van der Waals surface area contributed by atoms with Crippen LogP contribution in [0.2, 0.25) is 0 Å². The number of amides is 1. The second-order valence-electron chi connectivity index (χ2n) is 4.55. The summed E-state index contributed by atoms with van der Waals surface area (Å²) in [5.41, 5.74) is 6.98. The molecule has 0 spiro atoms. The number of hydrogen-bond acceptors (Lipinski definition) is 4. The number of anilines is 1. The first-order valence-corrected chi connectivity index (χ1v) is 7.50. The van der Waals surface area contributed by atoms with Crippen LogP contribution in [0.3, 0.4) is 0 Å². The summed E-state index contributed by atoms with van der Waals surface area (Å²) in [6.45, 7) is 1.38. The first-order valence-electron chi connectivity index (χ1n) is 6.51. The topological polar surface area (TPSA) is 55.6 Å². The quantitative estimate of drug-likeness (QED) is 0.837. The highest BCUT2D eigenvalue weighted by Gasteiger charge is 2.26. The fourth-order valence-corrected chi connectivity index (χ4v) is 3.16. The van der Waals surface area contributed by atoms with Gasteiger partial charge in [0.25, 0.3) is 0 Å². The van der Waals surface area contributed by atoms with E-state index in [1.807, 2.05) is 23.1 Å². The highest BCUT2D eigenvalue weighted by molar-refractivity contribution is 7.99. The molecule has 2 rings (SSSR count). The first kappa shape index (κ1) is 14.4. The minimum absolute atomic E-state index is 0.0175. The zero-order valence-electron chi connectivity index (χ0n) is 11.2. The molecule has 0 saturated heterocycles. The third kappa shape index (κ3) is 3.49. The molecular formula is C14H20N2O2S. The molecule has 0 bridgehead atoms. The van der Waals surface area contributed by atoms with Gasteiger partial charge in [0, 0.05) is 30.9 Å². The Morgan fingerprint density at radius 3 is 3.11 bits per heavy atom. The maximum Gasteiger partial charge on any atom is 0.243 e. The molecule has 19 heavy (non-hydrogen) atoms. The number of benzene rings is 1. The number of hydrogen-bond donors (Lipinski definition) is 1. The smallest absolute Gasteiger partial charge is 0.243 e. The zero-order valence-corrected chi connectivity index (χ0v) is 12.0. The fraction of sp³-hybridized carbons (Fsp3) is 0.500. The highest BCUT2D eigenvalue weighted by Crippen LogP contribution is 2.34. The Morgan fingerprint density at radius 1 is 1.53 bits per heavy atom. The number of para-hydroxylation sites is 1. The van der Waals surface area contributed by atoms with Gasteiger partial charge in [-0.15, -0.1) is 11.8 Å². The molecular weight excluding hydrogens is 260 g/mol. The number of carbonyl (C=O) groups is 1. The lowest BCUT2D eigenvalue weighted by Gasteiger charge is -2.30. The molecule has 1 unspecified atom stereocenters. The van der Waals surface area contributed by atoms with E-state index in [9.17, 15) is 4.79 Å². The van der Waals surface area contributed by atoms with E-state index in [0.717, 1.165) is 29.3 Å². The van der Waals surface area contributed by atoms with Gasteiger partial charge in [-0.2, -0.15) is 0 Å². The number of nitrogens with two attached hydrogens (primary N) is 1. The van der Waals surface area contributed by atoms with Gasteiger partial charge in [-0.25, -0.2) is 0 Å². The van der Waals surface area contributed by atoms with E-state index in [1.165, 1.54) is 0 Å². The lowest BCUT2D eigenvalue weighted by atomic mass is 10.1. The van der Waals surface area contributed by atoms with Crippen molar-refractivity contribution in [1.82, 2.24) is 0 Å². The Labute approximate surface area is 118 Å². The van der Waals surface area contributed by atoms with Crippen LogP contribution >= 0.6 is 11.8 Å². The molecule has 0 aliphatic carbocycles. The van der Waals surface area contributed by atoms with E-state index in [4.69, 9.17) is 10.5 Å². The van der Waals surface area contributed by atoms with Crippen molar-refractivity contribution >= 4 is 23.4 Å². The summed E-state index contributed by atoms with van der Waals surface area (Å²) in [7, 11) is 1.66. The molecule has 1 aromatic carbocycles. The van der Waals surface area contributed by atoms with Crippen molar-refractivity contribution in [2.24, 2.45) is 5.73 Å². The molecule has 1 aromatic rings. The van der Waals surface area contributed by atoms with Crippen LogP contribution in [0, 0.1) is 0 Å². The number of ether oxygens (including phenoxy) is 1. The van der Waals surface area contributed by atoms with Crippen LogP contribution in [0.1, 0.15) is 12.8 Å². The molecule has 4 nitrogen and oxygen atoms in total. The number of carbonyl (C=O) groups excluding carboxylic acids is 1. The van der Waals surface area contributed by atoms with Gasteiger partial charge in [0.15, 0.2) is 0 Å². The van der Waals surface area contributed by atoms with E-state index in [1.54, 1.807) is 18.9 Å². The summed E-state index contributed by atoms with van der Waals surface area (Å²) >= 11 is 1.79. The maximum atomic E-state index is 12.4. The molecule has 1 aliphatic heterocycles. The minimum atomic E-state index is -0.439. The highest BCUT2D eigenvalue weighted by atomic mass is 32.2. The Kier molecular flexibility index (Phi) is 5.24. The molecule has 2 N–H and O–H groups in total. The van der Waals surface area contributed by atoms with Crippen LogP contribution < -0.4 is 10.6 Å². The van der Waals surface area contributed by atoms with Gasteiger partial charge in [0.05, 0.1) is 11.7 Å². The van der Waals surface area contributed by atoms with Crippen molar-refractivity contribution < 1.29 is 9.53 Å². The first-order chi connectivity index (χ1) is 9.24. The second kappa shape index (κ2) is 6.93. The third-order valence-electron chi connectivity index (χ3n) is 3.18. The summed E-state index contributed by atoms with van der Waals surface area (Å²) in [6, 6.07) is 7.56. The molecule has 104 valence electrons. The van der Waals surface area contributed by atoms with Crippen LogP contribution in [-0.2, 0) is 9.53 Å². The molecule has 5 heteroatoms. The van der Waals surface area contributed by atoms with Crippen LogP contribution in [0.25, 0.3) is 0 Å². The van der Waals surface area contributed by atoms with E-state index in [2.05, 4.69) is 6.07 Å². The molecule has 0 saturated carbocycles. The van der Waals surface area contributed by atoms with Gasteiger partial charge in [-0.1, -0.05) is 12.1 Å². The lowest BCUT2D eigenvalue weighted by Crippen LogP contribution is -2.46. The second-order valence-corrected chi connectivity index (χ2v) is 5.68.